The zero-order valence-electron chi connectivity index (χ0n) is 21.6. The Balaban J connectivity index is 1.28. The van der Waals surface area contributed by atoms with Gasteiger partial charge < -0.3 is 15.6 Å². The van der Waals surface area contributed by atoms with Gasteiger partial charge in [0.15, 0.2) is 0 Å². The molecule has 11 nitrogen and oxygen atoms in total. The third-order valence-electron chi connectivity index (χ3n) is 7.02. The van der Waals surface area contributed by atoms with Gasteiger partial charge in [0.2, 0.25) is 0 Å². The quantitative estimate of drug-likeness (QED) is 0.119. The number of carbonyl (C=O) groups excluding carboxylic acids is 1. The SMILES string of the molecule is Cc1nc2c(CCc3ccc(C(=N)N)cc3)c(C(=O)NN3CCN(c4ccc([N+](=O)[O-])cc4)CC3)ccc2[nH]1. The summed E-state index contributed by atoms with van der Waals surface area (Å²) in [5, 5.41) is 20.4. The summed E-state index contributed by atoms with van der Waals surface area (Å²) in [4.78, 5) is 34.1. The van der Waals surface area contributed by atoms with Crippen LogP contribution < -0.4 is 16.1 Å². The molecular weight excluding hydrogens is 496 g/mol. The molecule has 0 radical (unpaired) electrons. The molecule has 0 bridgehead atoms. The predicted octanol–water partition coefficient (Wildman–Crippen LogP) is 3.32. The first-order valence-corrected chi connectivity index (χ1v) is 12.8. The maximum atomic E-state index is 13.5. The Kier molecular flexibility index (Phi) is 7.24. The van der Waals surface area contributed by atoms with E-state index >= 15 is 0 Å². The fourth-order valence-electron chi connectivity index (χ4n) is 4.91. The maximum absolute atomic E-state index is 13.5. The number of aryl methyl sites for hydroxylation is 3. The van der Waals surface area contributed by atoms with Crippen LogP contribution in [0, 0.1) is 22.4 Å². The minimum atomic E-state index is -0.405. The number of nitrogens with zero attached hydrogens (tertiary/aromatic N) is 4. The lowest BCUT2D eigenvalue weighted by Gasteiger charge is -2.36. The summed E-state index contributed by atoms with van der Waals surface area (Å²) in [6.07, 6.45) is 1.33. The molecule has 1 fully saturated rings. The van der Waals surface area contributed by atoms with Crippen LogP contribution >= 0.6 is 0 Å². The number of aromatic amines is 1. The summed E-state index contributed by atoms with van der Waals surface area (Å²) in [5.74, 6) is 0.645. The molecule has 0 aliphatic carbocycles. The molecule has 1 aliphatic heterocycles. The van der Waals surface area contributed by atoms with Crippen LogP contribution in [0.15, 0.2) is 60.7 Å². The molecule has 2 heterocycles. The fraction of sp³-hybridized carbons (Fsp3) is 0.250. The first kappa shape index (κ1) is 25.9. The number of hydrazine groups is 1. The van der Waals surface area contributed by atoms with Crippen LogP contribution in [0.2, 0.25) is 0 Å². The Morgan fingerprint density at radius 2 is 1.74 bits per heavy atom. The number of rotatable bonds is 8. The van der Waals surface area contributed by atoms with Gasteiger partial charge in [0.1, 0.15) is 11.7 Å². The third-order valence-corrected chi connectivity index (χ3v) is 7.02. The van der Waals surface area contributed by atoms with Gasteiger partial charge in [-0.3, -0.25) is 25.7 Å². The van der Waals surface area contributed by atoms with Crippen LogP contribution in [0.1, 0.15) is 32.9 Å². The van der Waals surface area contributed by atoms with Crippen LogP contribution in [0.3, 0.4) is 0 Å². The van der Waals surface area contributed by atoms with Crippen LogP contribution in [0.5, 0.6) is 0 Å². The van der Waals surface area contributed by atoms with E-state index in [-0.39, 0.29) is 17.4 Å². The van der Waals surface area contributed by atoms with E-state index in [0.29, 0.717) is 50.1 Å². The molecule has 1 aliphatic rings. The van der Waals surface area contributed by atoms with Crippen LogP contribution in [0.25, 0.3) is 11.0 Å². The molecule has 4 aromatic rings. The van der Waals surface area contributed by atoms with E-state index in [0.717, 1.165) is 33.7 Å². The van der Waals surface area contributed by atoms with E-state index in [4.69, 9.17) is 11.1 Å². The molecule has 0 atom stereocenters. The first-order valence-electron chi connectivity index (χ1n) is 12.8. The monoisotopic (exact) mass is 526 g/mol. The van der Waals surface area contributed by atoms with E-state index in [9.17, 15) is 14.9 Å². The summed E-state index contributed by atoms with van der Waals surface area (Å²) < 4.78 is 0. The fourth-order valence-corrected chi connectivity index (χ4v) is 4.91. The van der Waals surface area contributed by atoms with Gasteiger partial charge in [-0.15, -0.1) is 0 Å². The Bertz CT molecular complexity index is 1520. The number of nitrogens with two attached hydrogens (primary N) is 1. The average Bonchev–Trinajstić information content (AvgIpc) is 3.32. The van der Waals surface area contributed by atoms with Gasteiger partial charge >= 0.3 is 0 Å². The first-order chi connectivity index (χ1) is 18.8. The average molecular weight is 527 g/mol. The molecule has 5 N–H and O–H groups in total. The third kappa shape index (κ3) is 5.73. The molecule has 0 saturated carbocycles. The van der Waals surface area contributed by atoms with Crippen molar-refractivity contribution in [2.75, 3.05) is 31.1 Å². The van der Waals surface area contributed by atoms with Crippen LogP contribution in [-0.2, 0) is 12.8 Å². The van der Waals surface area contributed by atoms with Crippen LogP contribution in [0.4, 0.5) is 11.4 Å². The highest BCUT2D eigenvalue weighted by molar-refractivity contribution is 6.00. The summed E-state index contributed by atoms with van der Waals surface area (Å²) in [7, 11) is 0. The van der Waals surface area contributed by atoms with Gasteiger partial charge in [-0.25, -0.2) is 9.99 Å². The number of H-pyrrole nitrogens is 1. The summed E-state index contributed by atoms with van der Waals surface area (Å²) >= 11 is 0. The number of anilines is 1. The van der Waals surface area contributed by atoms with Crippen molar-refractivity contribution in [1.29, 1.82) is 5.41 Å². The Hall–Kier alpha value is -4.77. The normalized spacial score (nSPS) is 13.9. The highest BCUT2D eigenvalue weighted by Gasteiger charge is 2.22. The largest absolute Gasteiger partial charge is 0.384 e. The Morgan fingerprint density at radius 1 is 1.05 bits per heavy atom. The number of aromatic nitrogens is 2. The number of benzene rings is 3. The number of carbonyl (C=O) groups is 1. The zero-order valence-corrected chi connectivity index (χ0v) is 21.6. The minimum absolute atomic E-state index is 0.0332. The highest BCUT2D eigenvalue weighted by atomic mass is 16.6. The van der Waals surface area contributed by atoms with Crippen molar-refractivity contribution in [2.24, 2.45) is 5.73 Å². The van der Waals surface area contributed by atoms with Gasteiger partial charge in [-0.1, -0.05) is 24.3 Å². The number of non-ortho nitro benzene ring substituents is 1. The van der Waals surface area contributed by atoms with Crippen molar-refractivity contribution in [3.63, 3.8) is 0 Å². The summed E-state index contributed by atoms with van der Waals surface area (Å²) in [5.41, 5.74) is 14.5. The molecule has 1 aromatic heterocycles. The molecule has 0 unspecified atom stereocenters. The molecule has 1 saturated heterocycles. The lowest BCUT2D eigenvalue weighted by molar-refractivity contribution is -0.384. The second-order valence-electron chi connectivity index (χ2n) is 9.61. The van der Waals surface area contributed by atoms with Crippen molar-refractivity contribution < 1.29 is 9.72 Å². The predicted molar refractivity (Wildman–Crippen MR) is 150 cm³/mol. The molecular formula is C28H30N8O3. The number of nitrogen functional groups attached to an aromatic ring is 1. The number of imidazole rings is 1. The molecule has 1 amide bonds. The summed E-state index contributed by atoms with van der Waals surface area (Å²) in [6, 6.07) is 17.8. The molecule has 39 heavy (non-hydrogen) atoms. The molecule has 0 spiro atoms. The van der Waals surface area contributed by atoms with E-state index in [1.54, 1.807) is 12.1 Å². The number of nitro benzene ring substituents is 1. The number of hydrogen-bond acceptors (Lipinski definition) is 7. The topological polar surface area (TPSA) is 157 Å². The number of nitro groups is 1. The standard InChI is InChI=1S/C28H30N8O3/c1-18-31-25-13-12-24(23(26(25)32-18)11-4-19-2-5-20(6-3-19)27(29)30)28(37)33-35-16-14-34(15-17-35)21-7-9-22(10-8-21)36(38)39/h2-3,5-10,12-13H,4,11,14-17H2,1H3,(H3,29,30)(H,31,32)(H,33,37). The molecule has 11 heteroatoms. The number of nitrogens with one attached hydrogen (secondary N) is 3. The van der Waals surface area contributed by atoms with Gasteiger partial charge in [0, 0.05) is 55.1 Å². The van der Waals surface area contributed by atoms with Gasteiger partial charge in [-0.05, 0) is 55.2 Å². The van der Waals surface area contributed by atoms with Crippen LogP contribution in [-0.4, -0.2) is 57.8 Å². The van der Waals surface area contributed by atoms with Gasteiger partial charge in [0.25, 0.3) is 11.6 Å². The summed E-state index contributed by atoms with van der Waals surface area (Å²) in [6.45, 7) is 4.49. The number of piperazine rings is 1. The van der Waals surface area contributed by atoms with Crippen molar-refractivity contribution in [1.82, 2.24) is 20.4 Å². The maximum Gasteiger partial charge on any atom is 0.269 e. The second-order valence-corrected chi connectivity index (χ2v) is 9.61. The van der Waals surface area contributed by atoms with Crippen molar-refractivity contribution in [2.45, 2.75) is 19.8 Å². The lowest BCUT2D eigenvalue weighted by atomic mass is 9.97. The number of fused-ring (bicyclic) bond motifs is 1. The smallest absolute Gasteiger partial charge is 0.269 e. The lowest BCUT2D eigenvalue weighted by Crippen LogP contribution is -2.53. The highest BCUT2D eigenvalue weighted by Crippen LogP contribution is 2.24. The number of hydrogen-bond donors (Lipinski definition) is 4. The number of amides is 1. The van der Waals surface area contributed by atoms with E-state index in [1.807, 2.05) is 48.3 Å². The molecule has 5 rings (SSSR count). The number of amidine groups is 1. The molecule has 3 aromatic carbocycles. The van der Waals surface area contributed by atoms with Gasteiger partial charge in [0.05, 0.1) is 16.0 Å². The minimum Gasteiger partial charge on any atom is -0.384 e. The van der Waals surface area contributed by atoms with Crippen molar-refractivity contribution >= 4 is 34.2 Å². The molecule has 200 valence electrons. The van der Waals surface area contributed by atoms with E-state index in [1.165, 1.54) is 12.1 Å². The van der Waals surface area contributed by atoms with E-state index < -0.39 is 4.92 Å². The zero-order chi connectivity index (χ0) is 27.5. The Morgan fingerprint density at radius 3 is 2.38 bits per heavy atom. The Labute approximate surface area is 225 Å². The van der Waals surface area contributed by atoms with E-state index in [2.05, 4.69) is 20.3 Å². The van der Waals surface area contributed by atoms with Crippen molar-refractivity contribution in [3.05, 3.63) is 98.9 Å². The van der Waals surface area contributed by atoms with Crippen molar-refractivity contribution in [3.8, 4) is 0 Å². The van der Waals surface area contributed by atoms with Gasteiger partial charge in [-0.2, -0.15) is 0 Å². The second kappa shape index (κ2) is 10.9.